The van der Waals surface area contributed by atoms with E-state index in [9.17, 15) is 4.79 Å². The lowest BCUT2D eigenvalue weighted by Crippen LogP contribution is -2.05. The SMILES string of the molecule is COc1ccc2c(c1)nc(CCC(=O)O)n2C1CC1. The van der Waals surface area contributed by atoms with Gasteiger partial charge in [0.25, 0.3) is 0 Å². The molecule has 1 aliphatic carbocycles. The van der Waals surface area contributed by atoms with Gasteiger partial charge in [-0.25, -0.2) is 4.98 Å². The summed E-state index contributed by atoms with van der Waals surface area (Å²) in [5.74, 6) is 0.859. The van der Waals surface area contributed by atoms with Crippen LogP contribution in [-0.2, 0) is 11.2 Å². The molecule has 1 saturated carbocycles. The zero-order valence-electron chi connectivity index (χ0n) is 10.8. The highest BCUT2D eigenvalue weighted by molar-refractivity contribution is 5.78. The van der Waals surface area contributed by atoms with Gasteiger partial charge in [0.2, 0.25) is 0 Å². The lowest BCUT2D eigenvalue weighted by Gasteiger charge is -2.06. The predicted molar refractivity (Wildman–Crippen MR) is 70.5 cm³/mol. The minimum atomic E-state index is -0.785. The molecule has 1 N–H and O–H groups in total. The second-order valence-electron chi connectivity index (χ2n) is 4.88. The van der Waals surface area contributed by atoms with E-state index in [0.717, 1.165) is 35.4 Å². The molecule has 0 spiro atoms. The standard InChI is InChI=1S/C14H16N2O3/c1-19-10-4-5-12-11(8-10)15-13(6-7-14(17)18)16(12)9-2-3-9/h4-5,8-9H,2-3,6-7H2,1H3,(H,17,18). The fraction of sp³-hybridized carbons (Fsp3) is 0.429. The number of nitrogens with zero attached hydrogens (tertiary/aromatic N) is 2. The molecule has 1 aromatic carbocycles. The van der Waals surface area contributed by atoms with Crippen molar-refractivity contribution in [1.82, 2.24) is 9.55 Å². The molecule has 0 radical (unpaired) electrons. The summed E-state index contributed by atoms with van der Waals surface area (Å²) in [4.78, 5) is 15.3. The van der Waals surface area contributed by atoms with Crippen LogP contribution in [0.5, 0.6) is 5.75 Å². The number of benzene rings is 1. The van der Waals surface area contributed by atoms with Gasteiger partial charge >= 0.3 is 5.97 Å². The molecule has 2 aromatic rings. The molecule has 0 atom stereocenters. The molecule has 5 nitrogen and oxygen atoms in total. The molecule has 0 bridgehead atoms. The highest BCUT2D eigenvalue weighted by Crippen LogP contribution is 2.39. The summed E-state index contributed by atoms with van der Waals surface area (Å²) in [5.41, 5.74) is 1.95. The maximum Gasteiger partial charge on any atom is 0.303 e. The van der Waals surface area contributed by atoms with Crippen LogP contribution in [-0.4, -0.2) is 27.7 Å². The van der Waals surface area contributed by atoms with Gasteiger partial charge in [-0.05, 0) is 25.0 Å². The van der Waals surface area contributed by atoms with Gasteiger partial charge in [0, 0.05) is 18.5 Å². The third-order valence-electron chi connectivity index (χ3n) is 3.44. The summed E-state index contributed by atoms with van der Waals surface area (Å²) >= 11 is 0. The molecule has 3 rings (SSSR count). The highest BCUT2D eigenvalue weighted by Gasteiger charge is 2.28. The van der Waals surface area contributed by atoms with Crippen LogP contribution in [0.3, 0.4) is 0 Å². The van der Waals surface area contributed by atoms with E-state index in [1.807, 2.05) is 18.2 Å². The zero-order chi connectivity index (χ0) is 13.4. The van der Waals surface area contributed by atoms with Gasteiger partial charge in [0.15, 0.2) is 0 Å². The monoisotopic (exact) mass is 260 g/mol. The number of fused-ring (bicyclic) bond motifs is 1. The molecule has 100 valence electrons. The molecular weight excluding hydrogens is 244 g/mol. The number of methoxy groups -OCH3 is 1. The number of ether oxygens (including phenoxy) is 1. The Kier molecular flexibility index (Phi) is 2.89. The lowest BCUT2D eigenvalue weighted by molar-refractivity contribution is -0.137. The maximum atomic E-state index is 10.7. The number of rotatable bonds is 5. The van der Waals surface area contributed by atoms with Gasteiger partial charge in [0.1, 0.15) is 11.6 Å². The Morgan fingerprint density at radius 1 is 1.53 bits per heavy atom. The van der Waals surface area contributed by atoms with E-state index in [1.165, 1.54) is 0 Å². The van der Waals surface area contributed by atoms with Crippen molar-refractivity contribution >= 4 is 17.0 Å². The molecule has 5 heteroatoms. The molecule has 1 aromatic heterocycles. The Morgan fingerprint density at radius 3 is 2.95 bits per heavy atom. The van der Waals surface area contributed by atoms with E-state index in [2.05, 4.69) is 9.55 Å². The van der Waals surface area contributed by atoms with Crippen molar-refractivity contribution < 1.29 is 14.6 Å². The predicted octanol–water partition coefficient (Wildman–Crippen LogP) is 2.40. The van der Waals surface area contributed by atoms with E-state index in [4.69, 9.17) is 9.84 Å². The van der Waals surface area contributed by atoms with Gasteiger partial charge in [-0.1, -0.05) is 0 Å². The molecule has 0 aliphatic heterocycles. The van der Waals surface area contributed by atoms with E-state index >= 15 is 0 Å². The van der Waals surface area contributed by atoms with Crippen LogP contribution in [0, 0.1) is 0 Å². The van der Waals surface area contributed by atoms with Crippen molar-refractivity contribution in [3.05, 3.63) is 24.0 Å². The second kappa shape index (κ2) is 4.57. The summed E-state index contributed by atoms with van der Waals surface area (Å²) in [6.07, 6.45) is 2.89. The number of carboxylic acids is 1. The Labute approximate surface area is 110 Å². The molecule has 0 amide bonds. The first-order chi connectivity index (χ1) is 9.19. The minimum Gasteiger partial charge on any atom is -0.497 e. The first kappa shape index (κ1) is 12.0. The summed E-state index contributed by atoms with van der Waals surface area (Å²) in [7, 11) is 1.63. The number of aryl methyl sites for hydroxylation is 1. The second-order valence-corrected chi connectivity index (χ2v) is 4.88. The zero-order valence-corrected chi connectivity index (χ0v) is 10.8. The first-order valence-electron chi connectivity index (χ1n) is 6.45. The van der Waals surface area contributed by atoms with Gasteiger partial charge in [-0.2, -0.15) is 0 Å². The van der Waals surface area contributed by atoms with Crippen LogP contribution >= 0.6 is 0 Å². The van der Waals surface area contributed by atoms with Gasteiger partial charge in [0.05, 0.1) is 24.6 Å². The van der Waals surface area contributed by atoms with Crippen LogP contribution in [0.25, 0.3) is 11.0 Å². The number of hydrogen-bond acceptors (Lipinski definition) is 3. The summed E-state index contributed by atoms with van der Waals surface area (Å²) in [6.45, 7) is 0. The van der Waals surface area contributed by atoms with Gasteiger partial charge in [-0.15, -0.1) is 0 Å². The van der Waals surface area contributed by atoms with Crippen LogP contribution in [0.15, 0.2) is 18.2 Å². The van der Waals surface area contributed by atoms with Crippen molar-refractivity contribution in [2.24, 2.45) is 0 Å². The number of carboxylic acid groups (broad SMARTS) is 1. The Bertz CT molecular complexity index is 629. The molecule has 1 aliphatic rings. The summed E-state index contributed by atoms with van der Waals surface area (Å²) < 4.78 is 7.39. The van der Waals surface area contributed by atoms with Gasteiger partial charge in [-0.3, -0.25) is 4.79 Å². The average Bonchev–Trinajstić information content (AvgIpc) is 3.16. The van der Waals surface area contributed by atoms with Crippen molar-refractivity contribution in [3.8, 4) is 5.75 Å². The van der Waals surface area contributed by atoms with E-state index in [-0.39, 0.29) is 6.42 Å². The van der Waals surface area contributed by atoms with Crippen LogP contribution in [0.2, 0.25) is 0 Å². The van der Waals surface area contributed by atoms with E-state index in [1.54, 1.807) is 7.11 Å². The molecule has 0 saturated heterocycles. The van der Waals surface area contributed by atoms with Gasteiger partial charge < -0.3 is 14.4 Å². The third-order valence-corrected chi connectivity index (χ3v) is 3.44. The minimum absolute atomic E-state index is 0.118. The number of aliphatic carboxylic acids is 1. The number of aromatic nitrogens is 2. The molecular formula is C14H16N2O3. The maximum absolute atomic E-state index is 10.7. The summed E-state index contributed by atoms with van der Waals surface area (Å²) in [5, 5.41) is 8.82. The smallest absolute Gasteiger partial charge is 0.303 e. The summed E-state index contributed by atoms with van der Waals surface area (Å²) in [6, 6.07) is 6.31. The lowest BCUT2D eigenvalue weighted by atomic mass is 10.3. The van der Waals surface area contributed by atoms with Crippen molar-refractivity contribution in [2.45, 2.75) is 31.7 Å². The van der Waals surface area contributed by atoms with Crippen molar-refractivity contribution in [2.75, 3.05) is 7.11 Å². The molecule has 19 heavy (non-hydrogen) atoms. The van der Waals surface area contributed by atoms with E-state index in [0.29, 0.717) is 12.5 Å². The Hall–Kier alpha value is -2.04. The average molecular weight is 260 g/mol. The Balaban J connectivity index is 2.04. The Morgan fingerprint density at radius 2 is 2.32 bits per heavy atom. The highest BCUT2D eigenvalue weighted by atomic mass is 16.5. The fourth-order valence-corrected chi connectivity index (χ4v) is 2.39. The quantitative estimate of drug-likeness (QED) is 0.896. The van der Waals surface area contributed by atoms with E-state index < -0.39 is 5.97 Å². The van der Waals surface area contributed by atoms with Crippen LogP contribution in [0.4, 0.5) is 0 Å². The normalized spacial score (nSPS) is 14.8. The number of imidazole rings is 1. The third kappa shape index (κ3) is 2.28. The molecule has 1 heterocycles. The molecule has 0 unspecified atom stereocenters. The van der Waals surface area contributed by atoms with Crippen molar-refractivity contribution in [1.29, 1.82) is 0 Å². The number of carbonyl (C=O) groups is 1. The van der Waals surface area contributed by atoms with Crippen molar-refractivity contribution in [3.63, 3.8) is 0 Å². The molecule has 1 fully saturated rings. The number of hydrogen-bond donors (Lipinski definition) is 1. The largest absolute Gasteiger partial charge is 0.497 e. The van der Waals surface area contributed by atoms with Crippen LogP contribution < -0.4 is 4.74 Å². The topological polar surface area (TPSA) is 64.3 Å². The van der Waals surface area contributed by atoms with Crippen LogP contribution in [0.1, 0.15) is 31.1 Å². The fourth-order valence-electron chi connectivity index (χ4n) is 2.39. The first-order valence-corrected chi connectivity index (χ1v) is 6.45.